The summed E-state index contributed by atoms with van der Waals surface area (Å²) in [4.78, 5) is 11.2. The third-order valence-electron chi connectivity index (χ3n) is 2.46. The first-order valence-corrected chi connectivity index (χ1v) is 5.02. The number of benzene rings is 1. The van der Waals surface area contributed by atoms with Crippen molar-refractivity contribution in [2.45, 2.75) is 6.92 Å². The summed E-state index contributed by atoms with van der Waals surface area (Å²) in [5.74, 6) is -0.842. The number of H-pyrrole nitrogens is 1. The summed E-state index contributed by atoms with van der Waals surface area (Å²) < 4.78 is 17.7. The van der Waals surface area contributed by atoms with Crippen molar-refractivity contribution in [3.63, 3.8) is 0 Å². The van der Waals surface area contributed by atoms with Crippen LogP contribution in [-0.4, -0.2) is 23.3 Å². The molecule has 1 aromatic carbocycles. The molecule has 0 aliphatic heterocycles. The fourth-order valence-electron chi connectivity index (χ4n) is 1.54. The molecule has 2 rings (SSSR count). The van der Waals surface area contributed by atoms with Crippen LogP contribution in [0.2, 0.25) is 0 Å². The summed E-state index contributed by atoms with van der Waals surface area (Å²) in [5.41, 5.74) is 2.29. The third-order valence-corrected chi connectivity index (χ3v) is 2.46. The summed E-state index contributed by atoms with van der Waals surface area (Å²) in [6, 6.07) is 5.96. The van der Waals surface area contributed by atoms with Crippen molar-refractivity contribution in [3.8, 4) is 11.3 Å². The number of carbonyl (C=O) groups is 1. The Hall–Kier alpha value is -2.17. The van der Waals surface area contributed by atoms with Crippen molar-refractivity contribution in [1.82, 2.24) is 10.2 Å². The van der Waals surface area contributed by atoms with E-state index in [4.69, 9.17) is 0 Å². The molecule has 1 N–H and O–H groups in total. The summed E-state index contributed by atoms with van der Waals surface area (Å²) >= 11 is 0. The minimum absolute atomic E-state index is 0.242. The van der Waals surface area contributed by atoms with Crippen LogP contribution in [-0.2, 0) is 4.74 Å². The van der Waals surface area contributed by atoms with Gasteiger partial charge in [0.2, 0.25) is 0 Å². The summed E-state index contributed by atoms with van der Waals surface area (Å²) in [5, 5.41) is 6.52. The van der Waals surface area contributed by atoms with Crippen molar-refractivity contribution < 1.29 is 13.9 Å². The fourth-order valence-corrected chi connectivity index (χ4v) is 1.54. The van der Waals surface area contributed by atoms with Gasteiger partial charge in [-0.05, 0) is 30.7 Å². The molecule has 0 saturated carbocycles. The van der Waals surface area contributed by atoms with Gasteiger partial charge >= 0.3 is 5.97 Å². The van der Waals surface area contributed by atoms with E-state index >= 15 is 0 Å². The van der Waals surface area contributed by atoms with Crippen LogP contribution in [0.1, 0.15) is 16.1 Å². The molecular weight excluding hydrogens is 223 g/mol. The first-order valence-electron chi connectivity index (χ1n) is 5.02. The number of hydrogen-bond acceptors (Lipinski definition) is 3. The van der Waals surface area contributed by atoms with Gasteiger partial charge in [0.25, 0.3) is 0 Å². The van der Waals surface area contributed by atoms with Gasteiger partial charge in [-0.2, -0.15) is 5.10 Å². The number of methoxy groups -OCH3 is 1. The summed E-state index contributed by atoms with van der Waals surface area (Å²) in [6.45, 7) is 1.85. The predicted octanol–water partition coefficient (Wildman–Crippen LogP) is 2.31. The summed E-state index contributed by atoms with van der Waals surface area (Å²) in [6.07, 6.45) is 0. The molecular formula is C12H11FN2O2. The fraction of sp³-hybridized carbons (Fsp3) is 0.167. The number of ether oxygens (including phenoxy) is 1. The van der Waals surface area contributed by atoms with E-state index in [1.165, 1.54) is 25.3 Å². The largest absolute Gasteiger partial charge is 0.464 e. The zero-order chi connectivity index (χ0) is 12.4. The second-order valence-electron chi connectivity index (χ2n) is 3.62. The molecule has 1 heterocycles. The SMILES string of the molecule is COC(=O)c1cc(-c2cc(F)ccc2C)n[nH]1. The molecule has 0 bridgehead atoms. The quantitative estimate of drug-likeness (QED) is 0.811. The maximum absolute atomic E-state index is 13.1. The van der Waals surface area contributed by atoms with Gasteiger partial charge in [-0.3, -0.25) is 5.10 Å². The minimum atomic E-state index is -0.502. The highest BCUT2D eigenvalue weighted by atomic mass is 19.1. The first-order chi connectivity index (χ1) is 8.11. The van der Waals surface area contributed by atoms with Crippen LogP contribution >= 0.6 is 0 Å². The van der Waals surface area contributed by atoms with E-state index < -0.39 is 5.97 Å². The Kier molecular flexibility index (Phi) is 2.91. The van der Waals surface area contributed by atoms with Crippen LogP contribution in [0.5, 0.6) is 0 Å². The smallest absolute Gasteiger partial charge is 0.356 e. The van der Waals surface area contributed by atoms with Crippen molar-refractivity contribution in [3.05, 3.63) is 41.3 Å². The van der Waals surface area contributed by atoms with Crippen molar-refractivity contribution in [2.75, 3.05) is 7.11 Å². The van der Waals surface area contributed by atoms with Gasteiger partial charge < -0.3 is 4.74 Å². The lowest BCUT2D eigenvalue weighted by Gasteiger charge is -2.01. The van der Waals surface area contributed by atoms with Crippen molar-refractivity contribution in [2.24, 2.45) is 0 Å². The highest BCUT2D eigenvalue weighted by molar-refractivity contribution is 5.88. The molecule has 0 amide bonds. The Morgan fingerprint density at radius 1 is 1.41 bits per heavy atom. The molecule has 0 radical (unpaired) electrons. The van der Waals surface area contributed by atoms with Crippen LogP contribution in [0.4, 0.5) is 4.39 Å². The van der Waals surface area contributed by atoms with Gasteiger partial charge in [0.15, 0.2) is 0 Å². The van der Waals surface area contributed by atoms with Gasteiger partial charge in [0.1, 0.15) is 11.5 Å². The third kappa shape index (κ3) is 2.18. The molecule has 0 spiro atoms. The number of aryl methyl sites for hydroxylation is 1. The van der Waals surface area contributed by atoms with E-state index in [1.54, 1.807) is 6.07 Å². The van der Waals surface area contributed by atoms with Gasteiger partial charge in [0, 0.05) is 5.56 Å². The van der Waals surface area contributed by atoms with Gasteiger partial charge in [0.05, 0.1) is 12.8 Å². The van der Waals surface area contributed by atoms with Crippen LogP contribution in [0, 0.1) is 12.7 Å². The maximum Gasteiger partial charge on any atom is 0.356 e. The second kappa shape index (κ2) is 4.37. The van der Waals surface area contributed by atoms with E-state index in [0.29, 0.717) is 11.3 Å². The molecule has 17 heavy (non-hydrogen) atoms. The van der Waals surface area contributed by atoms with Gasteiger partial charge in [-0.15, -0.1) is 0 Å². The van der Waals surface area contributed by atoms with Crippen LogP contribution in [0.15, 0.2) is 24.3 Å². The highest BCUT2D eigenvalue weighted by Gasteiger charge is 2.12. The first kappa shape index (κ1) is 11.3. The number of nitrogens with zero attached hydrogens (tertiary/aromatic N) is 1. The molecule has 1 aromatic heterocycles. The number of aromatic amines is 1. The lowest BCUT2D eigenvalue weighted by Crippen LogP contribution is -2.00. The Labute approximate surface area is 97.4 Å². The average molecular weight is 234 g/mol. The molecule has 0 saturated heterocycles. The van der Waals surface area contributed by atoms with Crippen LogP contribution in [0.25, 0.3) is 11.3 Å². The molecule has 0 atom stereocenters. The molecule has 2 aromatic rings. The topological polar surface area (TPSA) is 55.0 Å². The Balaban J connectivity index is 2.43. The molecule has 0 aliphatic rings. The Bertz CT molecular complexity index is 563. The Morgan fingerprint density at radius 3 is 2.88 bits per heavy atom. The van der Waals surface area contributed by atoms with Gasteiger partial charge in [-0.1, -0.05) is 6.07 Å². The molecule has 0 fully saturated rings. The lowest BCUT2D eigenvalue weighted by molar-refractivity contribution is 0.0594. The second-order valence-corrected chi connectivity index (χ2v) is 3.62. The van der Waals surface area contributed by atoms with E-state index in [1.807, 2.05) is 6.92 Å². The number of rotatable bonds is 2. The maximum atomic E-state index is 13.1. The van der Waals surface area contributed by atoms with E-state index in [0.717, 1.165) is 5.56 Å². The number of esters is 1. The number of carbonyl (C=O) groups excluding carboxylic acids is 1. The van der Waals surface area contributed by atoms with E-state index in [-0.39, 0.29) is 11.5 Å². The number of halogens is 1. The zero-order valence-corrected chi connectivity index (χ0v) is 9.45. The number of hydrogen-bond donors (Lipinski definition) is 1. The van der Waals surface area contributed by atoms with Crippen LogP contribution in [0.3, 0.4) is 0 Å². The van der Waals surface area contributed by atoms with E-state index in [2.05, 4.69) is 14.9 Å². The molecule has 0 unspecified atom stereocenters. The monoisotopic (exact) mass is 234 g/mol. The number of nitrogens with one attached hydrogen (secondary N) is 1. The Morgan fingerprint density at radius 2 is 2.18 bits per heavy atom. The summed E-state index contributed by atoms with van der Waals surface area (Å²) in [7, 11) is 1.29. The van der Waals surface area contributed by atoms with Gasteiger partial charge in [-0.25, -0.2) is 9.18 Å². The average Bonchev–Trinajstić information content (AvgIpc) is 2.80. The predicted molar refractivity (Wildman–Crippen MR) is 60.1 cm³/mol. The zero-order valence-electron chi connectivity index (χ0n) is 9.45. The normalized spacial score (nSPS) is 10.3. The minimum Gasteiger partial charge on any atom is -0.464 e. The highest BCUT2D eigenvalue weighted by Crippen LogP contribution is 2.23. The number of aromatic nitrogens is 2. The lowest BCUT2D eigenvalue weighted by atomic mass is 10.1. The van der Waals surface area contributed by atoms with Crippen molar-refractivity contribution >= 4 is 5.97 Å². The van der Waals surface area contributed by atoms with E-state index in [9.17, 15) is 9.18 Å². The van der Waals surface area contributed by atoms with Crippen molar-refractivity contribution in [1.29, 1.82) is 0 Å². The molecule has 4 nitrogen and oxygen atoms in total. The standard InChI is InChI=1S/C12H11FN2O2/c1-7-3-4-8(13)5-9(7)10-6-11(15-14-10)12(16)17-2/h3-6H,1-2H3,(H,14,15). The molecule has 5 heteroatoms. The molecule has 88 valence electrons. The van der Waals surface area contributed by atoms with Crippen LogP contribution < -0.4 is 0 Å². The molecule has 0 aliphatic carbocycles.